The van der Waals surface area contributed by atoms with Gasteiger partial charge < -0.3 is 5.73 Å². The summed E-state index contributed by atoms with van der Waals surface area (Å²) in [6.07, 6.45) is 1.22. The fraction of sp³-hybridized carbons (Fsp3) is 0.154. The Kier molecular flexibility index (Phi) is 3.37. The summed E-state index contributed by atoms with van der Waals surface area (Å²) in [4.78, 5) is 12.0. The molecule has 0 aliphatic heterocycles. The van der Waals surface area contributed by atoms with E-state index in [0.717, 1.165) is 11.3 Å². The molecule has 82 valence electrons. The van der Waals surface area contributed by atoms with E-state index in [2.05, 4.69) is 18.2 Å². The molecule has 2 aromatic rings. The summed E-state index contributed by atoms with van der Waals surface area (Å²) < 4.78 is 0. The van der Waals surface area contributed by atoms with Gasteiger partial charge in [-0.1, -0.05) is 30.3 Å². The van der Waals surface area contributed by atoms with Crippen LogP contribution in [-0.2, 0) is 17.6 Å². The Balaban J connectivity index is 2.16. The first-order chi connectivity index (χ1) is 7.75. The van der Waals surface area contributed by atoms with Gasteiger partial charge in [0.25, 0.3) is 0 Å². The lowest BCUT2D eigenvalue weighted by Gasteiger charge is -2.02. The summed E-state index contributed by atoms with van der Waals surface area (Å²) >= 11 is 1.60. The standard InChI is InChI=1S/C13H13NOS/c14-13(15)9-12-11(6-7-16-12)8-10-4-2-1-3-5-10/h1-7H,8-9H2,(H2,14,15). The smallest absolute Gasteiger partial charge is 0.222 e. The second kappa shape index (κ2) is 4.94. The zero-order valence-corrected chi connectivity index (χ0v) is 9.67. The molecule has 1 aromatic heterocycles. The minimum atomic E-state index is -0.267. The summed E-state index contributed by atoms with van der Waals surface area (Å²) in [6.45, 7) is 0. The van der Waals surface area contributed by atoms with Crippen LogP contribution < -0.4 is 5.73 Å². The van der Waals surface area contributed by atoms with Crippen molar-refractivity contribution in [1.29, 1.82) is 0 Å². The van der Waals surface area contributed by atoms with Crippen LogP contribution in [0.3, 0.4) is 0 Å². The second-order valence-electron chi connectivity index (χ2n) is 3.67. The highest BCUT2D eigenvalue weighted by molar-refractivity contribution is 7.10. The maximum absolute atomic E-state index is 10.9. The van der Waals surface area contributed by atoms with E-state index >= 15 is 0 Å². The summed E-state index contributed by atoms with van der Waals surface area (Å²) in [7, 11) is 0. The van der Waals surface area contributed by atoms with Crippen molar-refractivity contribution in [2.45, 2.75) is 12.8 Å². The average molecular weight is 231 g/mol. The normalized spacial score (nSPS) is 10.2. The first-order valence-corrected chi connectivity index (χ1v) is 6.01. The fourth-order valence-corrected chi connectivity index (χ4v) is 2.57. The van der Waals surface area contributed by atoms with E-state index in [9.17, 15) is 4.79 Å². The first-order valence-electron chi connectivity index (χ1n) is 5.13. The van der Waals surface area contributed by atoms with Gasteiger partial charge >= 0.3 is 0 Å². The van der Waals surface area contributed by atoms with E-state index in [1.807, 2.05) is 23.6 Å². The third-order valence-corrected chi connectivity index (χ3v) is 3.37. The van der Waals surface area contributed by atoms with Crippen LogP contribution in [0.4, 0.5) is 0 Å². The van der Waals surface area contributed by atoms with E-state index in [0.29, 0.717) is 6.42 Å². The molecule has 0 radical (unpaired) electrons. The Morgan fingerprint density at radius 2 is 1.94 bits per heavy atom. The van der Waals surface area contributed by atoms with Crippen LogP contribution in [0.2, 0.25) is 0 Å². The van der Waals surface area contributed by atoms with Crippen LogP contribution >= 0.6 is 11.3 Å². The third kappa shape index (κ3) is 2.70. The number of benzene rings is 1. The predicted octanol–water partition coefficient (Wildman–Crippen LogP) is 2.37. The molecule has 16 heavy (non-hydrogen) atoms. The van der Waals surface area contributed by atoms with Crippen molar-refractivity contribution in [3.8, 4) is 0 Å². The van der Waals surface area contributed by atoms with Gasteiger partial charge in [0.05, 0.1) is 6.42 Å². The van der Waals surface area contributed by atoms with Crippen LogP contribution in [0.1, 0.15) is 16.0 Å². The van der Waals surface area contributed by atoms with Crippen molar-refractivity contribution in [3.63, 3.8) is 0 Å². The van der Waals surface area contributed by atoms with Crippen molar-refractivity contribution in [1.82, 2.24) is 0 Å². The lowest BCUT2D eigenvalue weighted by Crippen LogP contribution is -2.13. The highest BCUT2D eigenvalue weighted by Crippen LogP contribution is 2.20. The Morgan fingerprint density at radius 1 is 1.19 bits per heavy atom. The quantitative estimate of drug-likeness (QED) is 0.862. The Morgan fingerprint density at radius 3 is 2.62 bits per heavy atom. The summed E-state index contributed by atoms with van der Waals surface area (Å²) in [5, 5.41) is 2.01. The monoisotopic (exact) mass is 231 g/mol. The number of amides is 1. The van der Waals surface area contributed by atoms with Crippen molar-refractivity contribution < 1.29 is 4.79 Å². The van der Waals surface area contributed by atoms with Gasteiger partial charge in [0.2, 0.25) is 5.91 Å². The molecule has 0 atom stereocenters. The Hall–Kier alpha value is -1.61. The van der Waals surface area contributed by atoms with Crippen molar-refractivity contribution in [2.75, 3.05) is 0 Å². The molecule has 3 heteroatoms. The topological polar surface area (TPSA) is 43.1 Å². The average Bonchev–Trinajstić information content (AvgIpc) is 2.66. The summed E-state index contributed by atoms with van der Waals surface area (Å²) in [6, 6.07) is 12.3. The zero-order valence-electron chi connectivity index (χ0n) is 8.85. The highest BCUT2D eigenvalue weighted by atomic mass is 32.1. The van der Waals surface area contributed by atoms with Crippen LogP contribution in [0, 0.1) is 0 Å². The molecule has 2 N–H and O–H groups in total. The third-order valence-electron chi connectivity index (χ3n) is 2.41. The molecule has 0 spiro atoms. The molecule has 1 heterocycles. The maximum atomic E-state index is 10.9. The van der Waals surface area contributed by atoms with E-state index in [1.54, 1.807) is 11.3 Å². The largest absolute Gasteiger partial charge is 0.369 e. The van der Waals surface area contributed by atoms with Gasteiger partial charge in [-0.3, -0.25) is 4.79 Å². The summed E-state index contributed by atoms with van der Waals surface area (Å²) in [5.74, 6) is -0.267. The number of hydrogen-bond acceptors (Lipinski definition) is 2. The molecule has 0 bridgehead atoms. The molecule has 1 aromatic carbocycles. The van der Waals surface area contributed by atoms with E-state index in [4.69, 9.17) is 5.73 Å². The number of nitrogens with two attached hydrogens (primary N) is 1. The van der Waals surface area contributed by atoms with Crippen molar-refractivity contribution in [3.05, 3.63) is 57.8 Å². The molecule has 2 rings (SSSR count). The Labute approximate surface area is 98.7 Å². The van der Waals surface area contributed by atoms with Crippen LogP contribution in [0.25, 0.3) is 0 Å². The summed E-state index contributed by atoms with van der Waals surface area (Å²) in [5.41, 5.74) is 7.67. The molecule has 0 fully saturated rings. The van der Waals surface area contributed by atoms with Crippen LogP contribution in [-0.4, -0.2) is 5.91 Å². The number of primary amides is 1. The molecule has 0 unspecified atom stereocenters. The van der Waals surface area contributed by atoms with Gasteiger partial charge in [-0.15, -0.1) is 11.3 Å². The lowest BCUT2D eigenvalue weighted by molar-refractivity contribution is -0.117. The number of hydrogen-bond donors (Lipinski definition) is 1. The molecular formula is C13H13NOS. The molecule has 1 amide bonds. The predicted molar refractivity (Wildman–Crippen MR) is 66.5 cm³/mol. The zero-order chi connectivity index (χ0) is 11.4. The fourth-order valence-electron chi connectivity index (χ4n) is 1.65. The number of thiophene rings is 1. The number of carbonyl (C=O) groups is 1. The molecule has 0 saturated carbocycles. The maximum Gasteiger partial charge on any atom is 0.222 e. The van der Waals surface area contributed by atoms with Crippen LogP contribution in [0.5, 0.6) is 0 Å². The van der Waals surface area contributed by atoms with Gasteiger partial charge in [0.15, 0.2) is 0 Å². The van der Waals surface area contributed by atoms with E-state index in [1.165, 1.54) is 11.1 Å². The van der Waals surface area contributed by atoms with Crippen LogP contribution in [0.15, 0.2) is 41.8 Å². The lowest BCUT2D eigenvalue weighted by atomic mass is 10.0. The number of rotatable bonds is 4. The highest BCUT2D eigenvalue weighted by Gasteiger charge is 2.07. The van der Waals surface area contributed by atoms with Gasteiger partial charge in [-0.25, -0.2) is 0 Å². The minimum Gasteiger partial charge on any atom is -0.369 e. The molecule has 2 nitrogen and oxygen atoms in total. The Bertz CT molecular complexity index is 476. The van der Waals surface area contributed by atoms with Gasteiger partial charge in [0.1, 0.15) is 0 Å². The second-order valence-corrected chi connectivity index (χ2v) is 4.68. The van der Waals surface area contributed by atoms with E-state index < -0.39 is 0 Å². The van der Waals surface area contributed by atoms with Gasteiger partial charge in [0, 0.05) is 4.88 Å². The number of carbonyl (C=O) groups excluding carboxylic acids is 1. The molecular weight excluding hydrogens is 218 g/mol. The van der Waals surface area contributed by atoms with Gasteiger partial charge in [-0.05, 0) is 29.0 Å². The van der Waals surface area contributed by atoms with Crippen molar-refractivity contribution >= 4 is 17.2 Å². The molecule has 0 aliphatic carbocycles. The van der Waals surface area contributed by atoms with E-state index in [-0.39, 0.29) is 5.91 Å². The SMILES string of the molecule is NC(=O)Cc1sccc1Cc1ccccc1. The van der Waals surface area contributed by atoms with Gasteiger partial charge in [-0.2, -0.15) is 0 Å². The molecule has 0 aliphatic rings. The van der Waals surface area contributed by atoms with Crippen molar-refractivity contribution in [2.24, 2.45) is 5.73 Å². The first kappa shape index (κ1) is 10.9. The minimum absolute atomic E-state index is 0.267. The molecule has 0 saturated heterocycles.